The van der Waals surface area contributed by atoms with Crippen LogP contribution in [0.3, 0.4) is 0 Å². The number of carbonyl (C=O) groups is 3. The van der Waals surface area contributed by atoms with E-state index in [1.54, 1.807) is 16.7 Å². The molecule has 0 saturated carbocycles. The van der Waals surface area contributed by atoms with Crippen molar-refractivity contribution in [3.8, 4) is 0 Å². The predicted molar refractivity (Wildman–Crippen MR) is 67.3 cm³/mol. The van der Waals surface area contributed by atoms with Gasteiger partial charge in [0, 0.05) is 18.8 Å². The summed E-state index contributed by atoms with van der Waals surface area (Å²) in [5, 5.41) is 11.2. The van der Waals surface area contributed by atoms with Gasteiger partial charge in [0.05, 0.1) is 17.2 Å². The molecule has 1 unspecified atom stereocenters. The van der Waals surface area contributed by atoms with E-state index in [9.17, 15) is 14.4 Å². The van der Waals surface area contributed by atoms with Crippen molar-refractivity contribution in [2.75, 3.05) is 0 Å². The molecule has 0 aromatic carbocycles. The lowest BCUT2D eigenvalue weighted by Gasteiger charge is -2.18. The Kier molecular flexibility index (Phi) is 2.74. The SMILES string of the molecule is O=C1CCC(c2cn3cc(C(=O)O)ccc3n2)C(=O)N1. The topological polar surface area (TPSA) is 101 Å². The molecular weight excluding hydrogens is 262 g/mol. The second-order valence-corrected chi connectivity index (χ2v) is 4.66. The molecule has 3 heterocycles. The number of amides is 2. The number of carbonyl (C=O) groups excluding carboxylic acids is 2. The zero-order chi connectivity index (χ0) is 14.3. The van der Waals surface area contributed by atoms with Gasteiger partial charge in [-0.05, 0) is 18.6 Å². The maximum atomic E-state index is 11.8. The minimum Gasteiger partial charge on any atom is -0.478 e. The van der Waals surface area contributed by atoms with Crippen LogP contribution in [-0.2, 0) is 9.59 Å². The fourth-order valence-corrected chi connectivity index (χ4v) is 2.28. The minimum absolute atomic E-state index is 0.143. The summed E-state index contributed by atoms with van der Waals surface area (Å²) in [5.74, 6) is -2.13. The number of carboxylic acid groups (broad SMARTS) is 1. The van der Waals surface area contributed by atoms with Crippen molar-refractivity contribution in [2.24, 2.45) is 0 Å². The van der Waals surface area contributed by atoms with Gasteiger partial charge in [0.25, 0.3) is 0 Å². The Labute approximate surface area is 113 Å². The van der Waals surface area contributed by atoms with Crippen LogP contribution in [0.2, 0.25) is 0 Å². The van der Waals surface area contributed by atoms with E-state index in [4.69, 9.17) is 5.11 Å². The van der Waals surface area contributed by atoms with Gasteiger partial charge < -0.3 is 9.51 Å². The van der Waals surface area contributed by atoms with Crippen molar-refractivity contribution >= 4 is 23.4 Å². The highest BCUT2D eigenvalue weighted by atomic mass is 16.4. The summed E-state index contributed by atoms with van der Waals surface area (Å²) in [5.41, 5.74) is 1.25. The molecule has 102 valence electrons. The molecule has 0 spiro atoms. The number of rotatable bonds is 2. The lowest BCUT2D eigenvalue weighted by atomic mass is 9.95. The molecule has 0 aliphatic carbocycles. The van der Waals surface area contributed by atoms with Crippen LogP contribution in [0.25, 0.3) is 5.65 Å². The second kappa shape index (κ2) is 4.44. The number of pyridine rings is 1. The number of aromatic carboxylic acids is 1. The zero-order valence-electron chi connectivity index (χ0n) is 10.4. The van der Waals surface area contributed by atoms with Gasteiger partial charge in [0.2, 0.25) is 11.8 Å². The Morgan fingerprint density at radius 3 is 2.85 bits per heavy atom. The first-order valence-electron chi connectivity index (χ1n) is 6.10. The Hall–Kier alpha value is -2.70. The van der Waals surface area contributed by atoms with E-state index in [-0.39, 0.29) is 23.8 Å². The summed E-state index contributed by atoms with van der Waals surface area (Å²) in [6.45, 7) is 0. The lowest BCUT2D eigenvalue weighted by Crippen LogP contribution is -2.39. The molecule has 2 aromatic heterocycles. The molecule has 1 aliphatic heterocycles. The number of piperidine rings is 1. The summed E-state index contributed by atoms with van der Waals surface area (Å²) < 4.78 is 1.57. The van der Waals surface area contributed by atoms with E-state index in [0.29, 0.717) is 17.8 Å². The zero-order valence-corrected chi connectivity index (χ0v) is 10.4. The van der Waals surface area contributed by atoms with E-state index in [0.717, 1.165) is 0 Å². The quantitative estimate of drug-likeness (QED) is 0.778. The molecule has 1 fully saturated rings. The molecular formula is C13H11N3O4. The van der Waals surface area contributed by atoms with Crippen molar-refractivity contribution in [2.45, 2.75) is 18.8 Å². The van der Waals surface area contributed by atoms with Gasteiger partial charge in [-0.3, -0.25) is 14.9 Å². The summed E-state index contributed by atoms with van der Waals surface area (Å²) in [6, 6.07) is 3.04. The van der Waals surface area contributed by atoms with Crippen LogP contribution in [-0.4, -0.2) is 32.3 Å². The molecule has 0 bridgehead atoms. The van der Waals surface area contributed by atoms with E-state index in [1.165, 1.54) is 12.3 Å². The molecule has 7 heteroatoms. The van der Waals surface area contributed by atoms with Crippen LogP contribution in [0.1, 0.15) is 34.8 Å². The predicted octanol–water partition coefficient (Wildman–Crippen LogP) is 0.553. The molecule has 2 aromatic rings. The molecule has 1 aliphatic rings. The maximum absolute atomic E-state index is 11.8. The van der Waals surface area contributed by atoms with Gasteiger partial charge in [0.1, 0.15) is 5.65 Å². The number of hydrogen-bond donors (Lipinski definition) is 2. The molecule has 0 radical (unpaired) electrons. The van der Waals surface area contributed by atoms with Gasteiger partial charge in [-0.25, -0.2) is 9.78 Å². The highest BCUT2D eigenvalue weighted by Gasteiger charge is 2.29. The maximum Gasteiger partial charge on any atom is 0.337 e. The number of carboxylic acids is 1. The second-order valence-electron chi connectivity index (χ2n) is 4.66. The third-order valence-electron chi connectivity index (χ3n) is 3.31. The Bertz CT molecular complexity index is 734. The Morgan fingerprint density at radius 1 is 1.35 bits per heavy atom. The molecule has 20 heavy (non-hydrogen) atoms. The van der Waals surface area contributed by atoms with Crippen LogP contribution in [0, 0.1) is 0 Å². The summed E-state index contributed by atoms with van der Waals surface area (Å²) in [7, 11) is 0. The number of aromatic nitrogens is 2. The molecule has 1 atom stereocenters. The number of fused-ring (bicyclic) bond motifs is 1. The third kappa shape index (κ3) is 2.03. The van der Waals surface area contributed by atoms with Crippen molar-refractivity contribution in [3.05, 3.63) is 35.8 Å². The Morgan fingerprint density at radius 2 is 2.15 bits per heavy atom. The average Bonchev–Trinajstić information content (AvgIpc) is 2.80. The standard InChI is InChI=1S/C13H11N3O4/c17-11-4-2-8(12(18)15-11)9-6-16-5-7(13(19)20)1-3-10(16)14-9/h1,3,5-6,8H,2,4H2,(H,19,20)(H,15,17,18). The number of nitrogens with one attached hydrogen (secondary N) is 1. The fraction of sp³-hybridized carbons (Fsp3) is 0.231. The molecule has 7 nitrogen and oxygen atoms in total. The molecule has 2 N–H and O–H groups in total. The first-order chi connectivity index (χ1) is 9.54. The number of hydrogen-bond acceptors (Lipinski definition) is 4. The monoisotopic (exact) mass is 273 g/mol. The highest BCUT2D eigenvalue weighted by molar-refractivity contribution is 6.00. The van der Waals surface area contributed by atoms with Gasteiger partial charge in [-0.2, -0.15) is 0 Å². The van der Waals surface area contributed by atoms with Crippen molar-refractivity contribution < 1.29 is 19.5 Å². The average molecular weight is 273 g/mol. The fourth-order valence-electron chi connectivity index (χ4n) is 2.28. The van der Waals surface area contributed by atoms with Crippen LogP contribution in [0.15, 0.2) is 24.5 Å². The van der Waals surface area contributed by atoms with Crippen LogP contribution >= 0.6 is 0 Å². The number of imide groups is 1. The van der Waals surface area contributed by atoms with E-state index in [1.807, 2.05) is 0 Å². The van der Waals surface area contributed by atoms with Crippen LogP contribution in [0.5, 0.6) is 0 Å². The van der Waals surface area contributed by atoms with E-state index >= 15 is 0 Å². The van der Waals surface area contributed by atoms with Gasteiger partial charge in [0.15, 0.2) is 0 Å². The van der Waals surface area contributed by atoms with Crippen molar-refractivity contribution in [1.82, 2.24) is 14.7 Å². The Balaban J connectivity index is 1.98. The van der Waals surface area contributed by atoms with Gasteiger partial charge in [-0.15, -0.1) is 0 Å². The van der Waals surface area contributed by atoms with Gasteiger partial charge in [-0.1, -0.05) is 0 Å². The summed E-state index contributed by atoms with van der Waals surface area (Å²) in [6.07, 6.45) is 3.77. The smallest absolute Gasteiger partial charge is 0.337 e. The molecule has 1 saturated heterocycles. The first-order valence-corrected chi connectivity index (χ1v) is 6.10. The lowest BCUT2D eigenvalue weighted by molar-refractivity contribution is -0.134. The van der Waals surface area contributed by atoms with Crippen molar-refractivity contribution in [1.29, 1.82) is 0 Å². The number of imidazole rings is 1. The van der Waals surface area contributed by atoms with Crippen LogP contribution in [0.4, 0.5) is 0 Å². The third-order valence-corrected chi connectivity index (χ3v) is 3.31. The van der Waals surface area contributed by atoms with Crippen LogP contribution < -0.4 is 5.32 Å². The molecule has 3 rings (SSSR count). The number of nitrogens with zero attached hydrogens (tertiary/aromatic N) is 2. The normalized spacial score (nSPS) is 19.1. The largest absolute Gasteiger partial charge is 0.478 e. The summed E-state index contributed by atoms with van der Waals surface area (Å²) in [4.78, 5) is 38.1. The van der Waals surface area contributed by atoms with E-state index < -0.39 is 11.9 Å². The first kappa shape index (κ1) is 12.3. The molecule has 2 amide bonds. The van der Waals surface area contributed by atoms with Crippen molar-refractivity contribution in [3.63, 3.8) is 0 Å². The van der Waals surface area contributed by atoms with Gasteiger partial charge >= 0.3 is 5.97 Å². The van der Waals surface area contributed by atoms with E-state index in [2.05, 4.69) is 10.3 Å². The summed E-state index contributed by atoms with van der Waals surface area (Å²) >= 11 is 0. The highest BCUT2D eigenvalue weighted by Crippen LogP contribution is 2.24. The minimum atomic E-state index is -1.02.